The molecule has 1 aromatic rings. The first-order chi connectivity index (χ1) is 10.5. The van der Waals surface area contributed by atoms with Crippen molar-refractivity contribution in [3.8, 4) is 0 Å². The lowest BCUT2D eigenvalue weighted by Crippen LogP contribution is -2.44. The zero-order chi connectivity index (χ0) is 16.4. The lowest BCUT2D eigenvalue weighted by Gasteiger charge is -2.10. The number of hydrogen-bond acceptors (Lipinski definition) is 5. The van der Waals surface area contributed by atoms with Gasteiger partial charge in [-0.05, 0) is 17.8 Å². The molecule has 0 aliphatic rings. The molecule has 0 radical (unpaired) electrons. The summed E-state index contributed by atoms with van der Waals surface area (Å²) < 4.78 is 4.93. The van der Waals surface area contributed by atoms with Gasteiger partial charge in [0.25, 0.3) is 0 Å². The summed E-state index contributed by atoms with van der Waals surface area (Å²) in [6.45, 7) is -0.653. The van der Waals surface area contributed by atoms with E-state index in [9.17, 15) is 14.4 Å². The number of alkyl carbamates (subject to hydrolysis) is 1. The topological polar surface area (TPSA) is 117 Å². The summed E-state index contributed by atoms with van der Waals surface area (Å²) in [5, 5.41) is 15.1. The Kier molecular flexibility index (Phi) is 7.34. The van der Waals surface area contributed by atoms with Crippen molar-refractivity contribution < 1.29 is 24.2 Å². The van der Waals surface area contributed by atoms with Crippen LogP contribution in [0.4, 0.5) is 4.79 Å². The Labute approximate surface area is 131 Å². The standard InChI is InChI=1S/C13H15N3O5S/c17-10(14-7-11(18)19)6-15-12(22)16-13(20)21-8-9-4-2-1-3-5-9/h1-5H,6-8H2,(H,14,17)(H,18,19)(H2,15,16,20,22). The lowest BCUT2D eigenvalue weighted by atomic mass is 10.2. The minimum atomic E-state index is -1.15. The molecule has 1 aromatic carbocycles. The van der Waals surface area contributed by atoms with Crippen LogP contribution < -0.4 is 16.0 Å². The van der Waals surface area contributed by atoms with Crippen molar-refractivity contribution in [2.24, 2.45) is 0 Å². The summed E-state index contributed by atoms with van der Waals surface area (Å²) in [7, 11) is 0. The molecule has 0 fully saturated rings. The third-order valence-corrected chi connectivity index (χ3v) is 2.52. The maximum Gasteiger partial charge on any atom is 0.413 e. The van der Waals surface area contributed by atoms with E-state index in [1.807, 2.05) is 18.2 Å². The molecule has 8 nitrogen and oxygen atoms in total. The fourth-order valence-electron chi connectivity index (χ4n) is 1.29. The highest BCUT2D eigenvalue weighted by molar-refractivity contribution is 7.80. The lowest BCUT2D eigenvalue weighted by molar-refractivity contribution is -0.137. The van der Waals surface area contributed by atoms with Crippen LogP contribution in [0.3, 0.4) is 0 Å². The minimum Gasteiger partial charge on any atom is -0.480 e. The number of rotatable bonds is 6. The van der Waals surface area contributed by atoms with Gasteiger partial charge in [-0.3, -0.25) is 14.9 Å². The molecular formula is C13H15N3O5S. The molecule has 22 heavy (non-hydrogen) atoms. The van der Waals surface area contributed by atoms with E-state index in [2.05, 4.69) is 16.0 Å². The third-order valence-electron chi connectivity index (χ3n) is 2.27. The van der Waals surface area contributed by atoms with Gasteiger partial charge in [0.15, 0.2) is 5.11 Å². The number of thiocarbonyl (C=S) groups is 1. The number of carbonyl (C=O) groups is 3. The Morgan fingerprint density at radius 2 is 1.77 bits per heavy atom. The number of nitrogens with one attached hydrogen (secondary N) is 3. The highest BCUT2D eigenvalue weighted by atomic mass is 32.1. The van der Waals surface area contributed by atoms with Gasteiger partial charge in [-0.1, -0.05) is 30.3 Å². The molecule has 118 valence electrons. The van der Waals surface area contributed by atoms with Crippen LogP contribution in [-0.4, -0.2) is 41.3 Å². The Hall–Kier alpha value is -2.68. The molecule has 0 heterocycles. The number of carboxylic acids is 1. The molecular weight excluding hydrogens is 310 g/mol. The van der Waals surface area contributed by atoms with E-state index in [-0.39, 0.29) is 18.3 Å². The zero-order valence-corrected chi connectivity index (χ0v) is 12.3. The predicted molar refractivity (Wildman–Crippen MR) is 81.0 cm³/mol. The molecule has 0 aromatic heterocycles. The van der Waals surface area contributed by atoms with E-state index in [4.69, 9.17) is 22.1 Å². The molecule has 2 amide bonds. The Morgan fingerprint density at radius 3 is 2.41 bits per heavy atom. The Morgan fingerprint density at radius 1 is 1.09 bits per heavy atom. The van der Waals surface area contributed by atoms with Crippen LogP contribution in [0.15, 0.2) is 30.3 Å². The molecule has 0 aliphatic heterocycles. The molecule has 0 saturated heterocycles. The van der Waals surface area contributed by atoms with Crippen LogP contribution >= 0.6 is 12.2 Å². The number of hydrogen-bond donors (Lipinski definition) is 4. The van der Waals surface area contributed by atoms with Gasteiger partial charge in [-0.2, -0.15) is 0 Å². The first-order valence-corrected chi connectivity index (χ1v) is 6.62. The molecule has 0 bridgehead atoms. The van der Waals surface area contributed by atoms with Gasteiger partial charge in [0.2, 0.25) is 5.91 Å². The number of amides is 2. The monoisotopic (exact) mass is 325 g/mol. The second-order valence-electron chi connectivity index (χ2n) is 4.04. The second kappa shape index (κ2) is 9.29. The van der Waals surface area contributed by atoms with Gasteiger partial charge in [-0.25, -0.2) is 4.79 Å². The number of carboxylic acid groups (broad SMARTS) is 1. The summed E-state index contributed by atoms with van der Waals surface area (Å²) in [6, 6.07) is 9.09. The predicted octanol–water partition coefficient (Wildman–Crippen LogP) is -0.0119. The molecule has 1 rings (SSSR count). The molecule has 0 saturated carbocycles. The molecule has 0 atom stereocenters. The van der Waals surface area contributed by atoms with E-state index in [1.165, 1.54) is 0 Å². The quantitative estimate of drug-likeness (QED) is 0.543. The smallest absolute Gasteiger partial charge is 0.413 e. The van der Waals surface area contributed by atoms with Crippen molar-refractivity contribution in [1.29, 1.82) is 0 Å². The maximum atomic E-state index is 11.4. The van der Waals surface area contributed by atoms with E-state index >= 15 is 0 Å². The van der Waals surface area contributed by atoms with Gasteiger partial charge in [-0.15, -0.1) is 0 Å². The van der Waals surface area contributed by atoms with Crippen molar-refractivity contribution in [3.05, 3.63) is 35.9 Å². The largest absolute Gasteiger partial charge is 0.480 e. The molecule has 9 heteroatoms. The highest BCUT2D eigenvalue weighted by Gasteiger charge is 2.08. The van der Waals surface area contributed by atoms with Crippen molar-refractivity contribution in [2.45, 2.75) is 6.61 Å². The van der Waals surface area contributed by atoms with Crippen LogP contribution in [0.25, 0.3) is 0 Å². The van der Waals surface area contributed by atoms with Gasteiger partial charge in [0, 0.05) is 0 Å². The van der Waals surface area contributed by atoms with Crippen molar-refractivity contribution in [1.82, 2.24) is 16.0 Å². The number of ether oxygens (including phenoxy) is 1. The van der Waals surface area contributed by atoms with E-state index in [1.54, 1.807) is 12.1 Å². The van der Waals surface area contributed by atoms with Crippen LogP contribution in [-0.2, 0) is 20.9 Å². The summed E-state index contributed by atoms with van der Waals surface area (Å²) in [5.41, 5.74) is 0.824. The SMILES string of the molecule is O=C(O)CNC(=O)CNC(=S)NC(=O)OCc1ccccc1. The zero-order valence-electron chi connectivity index (χ0n) is 11.5. The first-order valence-electron chi connectivity index (χ1n) is 6.21. The molecule has 0 unspecified atom stereocenters. The second-order valence-corrected chi connectivity index (χ2v) is 4.45. The summed E-state index contributed by atoms with van der Waals surface area (Å²) >= 11 is 4.80. The van der Waals surface area contributed by atoms with Gasteiger partial charge >= 0.3 is 12.1 Å². The summed E-state index contributed by atoms with van der Waals surface area (Å²) in [6.07, 6.45) is -0.757. The van der Waals surface area contributed by atoms with Crippen molar-refractivity contribution >= 4 is 35.3 Å². The highest BCUT2D eigenvalue weighted by Crippen LogP contribution is 2.00. The van der Waals surface area contributed by atoms with Crippen molar-refractivity contribution in [2.75, 3.05) is 13.1 Å². The fourth-order valence-corrected chi connectivity index (χ4v) is 1.45. The number of aliphatic carboxylic acids is 1. The van der Waals surface area contributed by atoms with Gasteiger partial charge in [0.05, 0.1) is 6.54 Å². The van der Waals surface area contributed by atoms with E-state index < -0.39 is 24.5 Å². The normalized spacial score (nSPS) is 9.45. The fraction of sp³-hybridized carbons (Fsp3) is 0.231. The van der Waals surface area contributed by atoms with Crippen LogP contribution in [0.1, 0.15) is 5.56 Å². The van der Waals surface area contributed by atoms with Crippen LogP contribution in [0.5, 0.6) is 0 Å². The van der Waals surface area contributed by atoms with Crippen LogP contribution in [0.2, 0.25) is 0 Å². The molecule has 0 spiro atoms. The van der Waals surface area contributed by atoms with Gasteiger partial charge in [0.1, 0.15) is 13.2 Å². The average Bonchev–Trinajstić information content (AvgIpc) is 2.50. The Bertz CT molecular complexity index is 550. The first kappa shape index (κ1) is 17.4. The van der Waals surface area contributed by atoms with Gasteiger partial charge < -0.3 is 20.5 Å². The molecule has 4 N–H and O–H groups in total. The van der Waals surface area contributed by atoms with E-state index in [0.29, 0.717) is 0 Å². The number of carbonyl (C=O) groups excluding carboxylic acids is 2. The summed E-state index contributed by atoms with van der Waals surface area (Å²) in [4.78, 5) is 32.9. The Balaban J connectivity index is 2.20. The molecule has 0 aliphatic carbocycles. The minimum absolute atomic E-state index is 0.0917. The van der Waals surface area contributed by atoms with Crippen LogP contribution in [0, 0.1) is 0 Å². The average molecular weight is 325 g/mol. The van der Waals surface area contributed by atoms with E-state index in [0.717, 1.165) is 5.56 Å². The summed E-state index contributed by atoms with van der Waals surface area (Å²) in [5.74, 6) is -1.72. The maximum absolute atomic E-state index is 11.4. The van der Waals surface area contributed by atoms with Crippen molar-refractivity contribution in [3.63, 3.8) is 0 Å². The number of benzene rings is 1. The third kappa shape index (κ3) is 7.80.